The lowest BCUT2D eigenvalue weighted by Gasteiger charge is -2.34. The Morgan fingerprint density at radius 1 is 0.442 bits per heavy atom. The molecule has 0 saturated heterocycles. The predicted molar refractivity (Wildman–Crippen MR) is 151 cm³/mol. The average Bonchev–Trinajstić information content (AvgIpc) is 2.87. The van der Waals surface area contributed by atoms with E-state index in [4.69, 9.17) is 0 Å². The van der Waals surface area contributed by atoms with E-state index in [1.165, 1.54) is 0 Å². The van der Waals surface area contributed by atoms with E-state index >= 15 is 0 Å². The fourth-order valence-corrected chi connectivity index (χ4v) is 8.68. The maximum atomic E-state index is 12.3. The molecule has 316 valence electrons. The van der Waals surface area contributed by atoms with Gasteiger partial charge in [-0.3, -0.25) is 4.79 Å². The zero-order chi connectivity index (χ0) is 43.5. The fraction of sp³-hybridized carbons (Fsp3) is 0.957. The molecule has 0 N–H and O–H groups in total. The van der Waals surface area contributed by atoms with Crippen molar-refractivity contribution in [3.63, 3.8) is 0 Å². The summed E-state index contributed by atoms with van der Waals surface area (Å²) >= 11 is 0. The standard InChI is InChI=1S/C15H32OS2.2C4HF9O3S/c1-11(2)17(12(3)4)9-15(16)10-18(13(5)6)14(7)8;2*5-1(6,3(9,10)11)2(7,8)4(12,13)17(14,15)16/h11-14H,9-10H2,1-8H3;2*(H,14,15,16)/q+2;;/p-2. The van der Waals surface area contributed by atoms with E-state index in [2.05, 4.69) is 55.4 Å². The molecule has 0 amide bonds. The molecule has 0 aromatic rings. The summed E-state index contributed by atoms with van der Waals surface area (Å²) in [6.07, 6.45) is -14.3. The van der Waals surface area contributed by atoms with Crippen molar-refractivity contribution in [1.82, 2.24) is 0 Å². The van der Waals surface area contributed by atoms with E-state index in [-0.39, 0.29) is 21.8 Å². The van der Waals surface area contributed by atoms with Gasteiger partial charge >= 0.3 is 46.6 Å². The van der Waals surface area contributed by atoms with Crippen LogP contribution in [0.15, 0.2) is 0 Å². The molecule has 0 rings (SSSR count). The van der Waals surface area contributed by atoms with Crippen LogP contribution < -0.4 is 0 Å². The largest absolute Gasteiger partial charge is 0.743 e. The molecule has 0 saturated carbocycles. The van der Waals surface area contributed by atoms with Crippen molar-refractivity contribution < 1.29 is 110 Å². The SMILES string of the molecule is CC(C)[S+](CC(=O)C[S+](C(C)C)C(C)C)C(C)C.O=S(=O)([O-])C(F)(F)C(F)(F)C(F)(F)C(F)(F)F.O=S(=O)([O-])C(F)(F)C(F)(F)C(F)(F)C(F)(F)F. The first-order chi connectivity index (χ1) is 22.2. The average molecular weight is 891 g/mol. The molecule has 52 heavy (non-hydrogen) atoms. The molecular weight excluding hydrogens is 858 g/mol. The summed E-state index contributed by atoms with van der Waals surface area (Å²) < 4.78 is 271. The number of carbonyl (C=O) groups excluding carboxylic acids is 1. The molecule has 0 radical (unpaired) electrons. The minimum Gasteiger partial charge on any atom is -0.743 e. The number of halogens is 18. The molecule has 0 aromatic carbocycles. The minimum atomic E-state index is -7.43. The van der Waals surface area contributed by atoms with Crippen LogP contribution in [0.1, 0.15) is 55.4 Å². The van der Waals surface area contributed by atoms with Crippen molar-refractivity contribution in [3.8, 4) is 0 Å². The highest BCUT2D eigenvalue weighted by Crippen LogP contribution is 2.55. The lowest BCUT2D eigenvalue weighted by atomic mass is 10.1. The first-order valence-corrected chi connectivity index (χ1v) is 19.2. The van der Waals surface area contributed by atoms with Gasteiger partial charge in [-0.2, -0.15) is 79.0 Å². The summed E-state index contributed by atoms with van der Waals surface area (Å²) in [5.74, 6) is -27.5. The van der Waals surface area contributed by atoms with Gasteiger partial charge in [0.2, 0.25) is 5.78 Å². The molecule has 0 spiro atoms. The summed E-state index contributed by atoms with van der Waals surface area (Å²) in [4.78, 5) is 12.3. The summed E-state index contributed by atoms with van der Waals surface area (Å²) in [5.41, 5.74) is 0. The molecule has 0 heterocycles. The zero-order valence-electron chi connectivity index (χ0n) is 27.5. The highest BCUT2D eigenvalue weighted by molar-refractivity contribution is 8.00. The molecule has 0 aliphatic rings. The third-order valence-corrected chi connectivity index (χ3v) is 13.9. The van der Waals surface area contributed by atoms with Crippen LogP contribution in [0.25, 0.3) is 0 Å². The highest BCUT2D eigenvalue weighted by atomic mass is 32.2. The predicted octanol–water partition coefficient (Wildman–Crippen LogP) is 7.34. The Bertz CT molecular complexity index is 1260. The Labute approximate surface area is 291 Å². The number of ketones is 1. The Balaban J connectivity index is -0.000000693. The highest BCUT2D eigenvalue weighted by Gasteiger charge is 2.85. The molecule has 29 heteroatoms. The summed E-state index contributed by atoms with van der Waals surface area (Å²) in [7, 11) is -14.3. The maximum absolute atomic E-state index is 12.3. The second-order valence-corrected chi connectivity index (χ2v) is 20.3. The number of hydrogen-bond acceptors (Lipinski definition) is 7. The molecule has 0 bridgehead atoms. The number of rotatable bonds is 14. The molecule has 0 aliphatic carbocycles. The number of alkyl halides is 18. The number of hydrogen-bond donors (Lipinski definition) is 0. The smallest absolute Gasteiger partial charge is 0.460 e. The molecule has 0 fully saturated rings. The van der Waals surface area contributed by atoms with Crippen LogP contribution in [-0.2, 0) is 46.8 Å². The van der Waals surface area contributed by atoms with Crippen LogP contribution in [0.4, 0.5) is 79.0 Å². The quantitative estimate of drug-likeness (QED) is 0.101. The molecular formula is C23H32F18O7S4. The molecule has 0 aromatic heterocycles. The van der Waals surface area contributed by atoms with Crippen molar-refractivity contribution in [2.45, 2.75) is 123 Å². The zero-order valence-corrected chi connectivity index (χ0v) is 30.8. The van der Waals surface area contributed by atoms with Gasteiger partial charge in [0.1, 0.15) is 21.0 Å². The van der Waals surface area contributed by atoms with Crippen molar-refractivity contribution in [2.75, 3.05) is 11.5 Å². The Morgan fingerprint density at radius 2 is 0.615 bits per heavy atom. The van der Waals surface area contributed by atoms with Gasteiger partial charge < -0.3 is 9.11 Å². The van der Waals surface area contributed by atoms with Crippen molar-refractivity contribution in [2.24, 2.45) is 0 Å². The normalized spacial score (nSPS) is 15.0. The van der Waals surface area contributed by atoms with Crippen LogP contribution in [-0.4, -0.2) is 111 Å². The first kappa shape index (κ1) is 55.3. The third kappa shape index (κ3) is 12.5. The van der Waals surface area contributed by atoms with Gasteiger partial charge in [-0.1, -0.05) is 0 Å². The Morgan fingerprint density at radius 3 is 0.731 bits per heavy atom. The summed E-state index contributed by atoms with van der Waals surface area (Å²) in [6, 6.07) is 0. The molecule has 7 nitrogen and oxygen atoms in total. The van der Waals surface area contributed by atoms with Gasteiger partial charge in [0, 0.05) is 0 Å². The number of Topliss-reactive ketones (excluding diaryl/α,β-unsaturated/α-hetero) is 1. The van der Waals surface area contributed by atoms with Gasteiger partial charge in [0.15, 0.2) is 31.7 Å². The number of carbonyl (C=O) groups is 1. The maximum Gasteiger partial charge on any atom is 0.460 e. The molecule has 0 unspecified atom stereocenters. The molecule has 0 atom stereocenters. The van der Waals surface area contributed by atoms with E-state index in [0.29, 0.717) is 26.8 Å². The Hall–Kier alpha value is -1.07. The second kappa shape index (κ2) is 17.8. The van der Waals surface area contributed by atoms with Crippen molar-refractivity contribution in [1.29, 1.82) is 0 Å². The van der Waals surface area contributed by atoms with Gasteiger partial charge in [-0.05, 0) is 77.2 Å². The van der Waals surface area contributed by atoms with Crippen LogP contribution in [0, 0.1) is 0 Å². The molecule has 0 aliphatic heterocycles. The van der Waals surface area contributed by atoms with Crippen LogP contribution >= 0.6 is 0 Å². The fourth-order valence-electron chi connectivity index (χ4n) is 3.20. The third-order valence-electron chi connectivity index (χ3n) is 5.94. The summed E-state index contributed by atoms with van der Waals surface area (Å²) in [5, 5.41) is -11.7. The van der Waals surface area contributed by atoms with E-state index < -0.39 is 66.8 Å². The van der Waals surface area contributed by atoms with Gasteiger partial charge in [-0.25, -0.2) is 16.8 Å². The lowest BCUT2D eigenvalue weighted by Crippen LogP contribution is -2.63. The topological polar surface area (TPSA) is 131 Å². The van der Waals surface area contributed by atoms with E-state index in [0.717, 1.165) is 11.5 Å². The Kier molecular flexibility index (Phi) is 18.9. The van der Waals surface area contributed by atoms with Crippen molar-refractivity contribution >= 4 is 47.8 Å². The lowest BCUT2D eigenvalue weighted by molar-refractivity contribution is -0.382. The van der Waals surface area contributed by atoms with E-state index in [1.807, 2.05) is 0 Å². The first-order valence-electron chi connectivity index (χ1n) is 13.4. The van der Waals surface area contributed by atoms with Gasteiger partial charge in [0.25, 0.3) is 0 Å². The van der Waals surface area contributed by atoms with Crippen LogP contribution in [0.3, 0.4) is 0 Å². The van der Waals surface area contributed by atoms with E-state index in [9.17, 15) is 110 Å². The van der Waals surface area contributed by atoms with Crippen LogP contribution in [0.2, 0.25) is 0 Å². The van der Waals surface area contributed by atoms with E-state index in [1.54, 1.807) is 0 Å². The van der Waals surface area contributed by atoms with Gasteiger partial charge in [-0.15, -0.1) is 0 Å². The van der Waals surface area contributed by atoms with Crippen molar-refractivity contribution in [3.05, 3.63) is 0 Å². The second-order valence-electron chi connectivity index (χ2n) is 11.2. The van der Waals surface area contributed by atoms with Crippen LogP contribution in [0.5, 0.6) is 0 Å². The monoisotopic (exact) mass is 890 g/mol. The van der Waals surface area contributed by atoms with Gasteiger partial charge in [0.05, 0.1) is 0 Å². The minimum absolute atomic E-state index is 0.254. The summed E-state index contributed by atoms with van der Waals surface area (Å²) in [6.45, 7) is 18.0.